The molecule has 0 fully saturated rings. The van der Waals surface area contributed by atoms with E-state index < -0.39 is 0 Å². The second-order valence-corrected chi connectivity index (χ2v) is 4.53. The van der Waals surface area contributed by atoms with E-state index in [4.69, 9.17) is 5.73 Å². The molecule has 0 atom stereocenters. The zero-order valence-electron chi connectivity index (χ0n) is 9.71. The minimum atomic E-state index is -0.351. The molecule has 0 aliphatic carbocycles. The van der Waals surface area contributed by atoms with Gasteiger partial charge in [0, 0.05) is 4.47 Å². The van der Waals surface area contributed by atoms with Crippen molar-refractivity contribution >= 4 is 33.9 Å². The smallest absolute Gasteiger partial charge is 0.246 e. The van der Waals surface area contributed by atoms with Crippen LogP contribution in [-0.2, 0) is 11.2 Å². The maximum Gasteiger partial charge on any atom is 0.246 e. The van der Waals surface area contributed by atoms with Crippen molar-refractivity contribution < 1.29 is 9.42 Å². The number of carbonyl (C=O) groups is 1. The first-order valence-corrected chi connectivity index (χ1v) is 6.09. The monoisotopic (exact) mass is 323 g/mol. The van der Waals surface area contributed by atoms with Gasteiger partial charge in [-0.1, -0.05) is 33.2 Å². The van der Waals surface area contributed by atoms with E-state index in [9.17, 15) is 4.79 Å². The van der Waals surface area contributed by atoms with E-state index in [-0.39, 0.29) is 23.8 Å². The zero-order chi connectivity index (χ0) is 13.7. The van der Waals surface area contributed by atoms with Gasteiger partial charge in [0.2, 0.25) is 5.91 Å². The minimum Gasteiger partial charge on any atom is -0.379 e. The van der Waals surface area contributed by atoms with Gasteiger partial charge in [0.25, 0.3) is 0 Å². The maximum absolute atomic E-state index is 11.5. The van der Waals surface area contributed by atoms with Gasteiger partial charge >= 0.3 is 0 Å². The highest BCUT2D eigenvalue weighted by atomic mass is 79.9. The first-order chi connectivity index (χ1) is 9.15. The molecule has 0 saturated heterocycles. The van der Waals surface area contributed by atoms with E-state index in [2.05, 4.69) is 41.4 Å². The standard InChI is InChI=1S/C11H10BrN5O2/c12-8-3-1-7(2-4-8)6-14-15-10(18)5-9-11(13)17-19-16-9/h1-4,6H,5H2,(H2,13,17)(H,15,18)/b14-6+. The summed E-state index contributed by atoms with van der Waals surface area (Å²) >= 11 is 3.33. The van der Waals surface area contributed by atoms with Crippen molar-refractivity contribution in [2.24, 2.45) is 5.10 Å². The molecule has 7 nitrogen and oxygen atoms in total. The molecule has 1 heterocycles. The fourth-order valence-electron chi connectivity index (χ4n) is 1.26. The molecule has 1 amide bonds. The summed E-state index contributed by atoms with van der Waals surface area (Å²) in [4.78, 5) is 11.5. The Balaban J connectivity index is 1.86. The molecule has 3 N–H and O–H groups in total. The van der Waals surface area contributed by atoms with Gasteiger partial charge in [-0.05, 0) is 22.9 Å². The Labute approximate surface area is 117 Å². The second-order valence-electron chi connectivity index (χ2n) is 3.62. The molecule has 0 spiro atoms. The number of halogens is 1. The number of hydrogen-bond donors (Lipinski definition) is 2. The molecule has 2 rings (SSSR count). The summed E-state index contributed by atoms with van der Waals surface area (Å²) in [6.45, 7) is 0. The number of carbonyl (C=O) groups excluding carboxylic acids is 1. The molecule has 1 aromatic heterocycles. The van der Waals surface area contributed by atoms with Crippen molar-refractivity contribution in [1.29, 1.82) is 0 Å². The fourth-order valence-corrected chi connectivity index (χ4v) is 1.52. The van der Waals surface area contributed by atoms with Crippen molar-refractivity contribution in [2.45, 2.75) is 6.42 Å². The summed E-state index contributed by atoms with van der Waals surface area (Å²) in [7, 11) is 0. The number of rotatable bonds is 4. The van der Waals surface area contributed by atoms with Crippen molar-refractivity contribution in [1.82, 2.24) is 15.7 Å². The van der Waals surface area contributed by atoms with Crippen LogP contribution in [0.1, 0.15) is 11.3 Å². The highest BCUT2D eigenvalue weighted by Gasteiger charge is 2.10. The van der Waals surface area contributed by atoms with Crippen molar-refractivity contribution in [3.63, 3.8) is 0 Å². The van der Waals surface area contributed by atoms with Gasteiger partial charge in [0.15, 0.2) is 5.82 Å². The molecule has 1 aromatic carbocycles. The van der Waals surface area contributed by atoms with Crippen LogP contribution in [0.4, 0.5) is 5.82 Å². The summed E-state index contributed by atoms with van der Waals surface area (Å²) in [5.41, 5.74) is 8.95. The Hall–Kier alpha value is -2.22. The first-order valence-electron chi connectivity index (χ1n) is 5.29. The topological polar surface area (TPSA) is 106 Å². The number of nitrogens with two attached hydrogens (primary N) is 1. The summed E-state index contributed by atoms with van der Waals surface area (Å²) < 4.78 is 5.36. The number of nitrogens with zero attached hydrogens (tertiary/aromatic N) is 3. The first kappa shape index (κ1) is 13.2. The average molecular weight is 324 g/mol. The van der Waals surface area contributed by atoms with Gasteiger partial charge in [-0.3, -0.25) is 4.79 Å². The predicted molar refractivity (Wildman–Crippen MR) is 72.3 cm³/mol. The summed E-state index contributed by atoms with van der Waals surface area (Å²) in [5.74, 6) is -0.247. The summed E-state index contributed by atoms with van der Waals surface area (Å²) in [6, 6.07) is 7.48. The van der Waals surface area contributed by atoms with Gasteiger partial charge in [-0.25, -0.2) is 10.1 Å². The van der Waals surface area contributed by atoms with E-state index >= 15 is 0 Å². The number of nitrogen functional groups attached to an aromatic ring is 1. The van der Waals surface area contributed by atoms with Crippen LogP contribution in [0.25, 0.3) is 0 Å². The molecule has 0 bridgehead atoms. The molecule has 2 aromatic rings. The SMILES string of the molecule is Nc1nonc1CC(=O)N/N=C/c1ccc(Br)cc1. The number of nitrogens with one attached hydrogen (secondary N) is 1. The van der Waals surface area contributed by atoms with E-state index in [1.54, 1.807) is 0 Å². The van der Waals surface area contributed by atoms with Gasteiger partial charge in [0.05, 0.1) is 12.6 Å². The third-order valence-electron chi connectivity index (χ3n) is 2.19. The third kappa shape index (κ3) is 3.88. The van der Waals surface area contributed by atoms with Crippen molar-refractivity contribution in [3.8, 4) is 0 Å². The summed E-state index contributed by atoms with van der Waals surface area (Å²) in [6.07, 6.45) is 1.50. The van der Waals surface area contributed by atoms with Crippen LogP contribution in [-0.4, -0.2) is 22.4 Å². The fraction of sp³-hybridized carbons (Fsp3) is 0.0909. The number of benzene rings is 1. The van der Waals surface area contributed by atoms with Gasteiger partial charge in [-0.2, -0.15) is 5.10 Å². The Bertz CT molecular complexity index is 593. The highest BCUT2D eigenvalue weighted by Crippen LogP contribution is 2.09. The Morgan fingerprint density at radius 3 is 2.79 bits per heavy atom. The number of anilines is 1. The molecule has 0 radical (unpaired) electrons. The van der Waals surface area contributed by atoms with Crippen LogP contribution in [0.15, 0.2) is 38.5 Å². The average Bonchev–Trinajstić information content (AvgIpc) is 2.78. The van der Waals surface area contributed by atoms with Crippen LogP contribution >= 0.6 is 15.9 Å². The lowest BCUT2D eigenvalue weighted by atomic mass is 10.2. The van der Waals surface area contributed by atoms with Crippen LogP contribution in [0.2, 0.25) is 0 Å². The molecular formula is C11H10BrN5O2. The van der Waals surface area contributed by atoms with Gasteiger partial charge in [-0.15, -0.1) is 0 Å². The van der Waals surface area contributed by atoms with Crippen molar-refractivity contribution in [3.05, 3.63) is 40.0 Å². The Morgan fingerprint density at radius 1 is 1.42 bits per heavy atom. The molecule has 0 unspecified atom stereocenters. The number of aromatic nitrogens is 2. The highest BCUT2D eigenvalue weighted by molar-refractivity contribution is 9.10. The Morgan fingerprint density at radius 2 is 2.16 bits per heavy atom. The third-order valence-corrected chi connectivity index (χ3v) is 2.72. The second kappa shape index (κ2) is 6.10. The van der Waals surface area contributed by atoms with Crippen molar-refractivity contribution in [2.75, 3.05) is 5.73 Å². The van der Waals surface area contributed by atoms with Crippen LogP contribution in [0, 0.1) is 0 Å². The van der Waals surface area contributed by atoms with Gasteiger partial charge < -0.3 is 5.73 Å². The molecule has 0 aliphatic rings. The largest absolute Gasteiger partial charge is 0.379 e. The lowest BCUT2D eigenvalue weighted by Gasteiger charge is -1.97. The Kier molecular flexibility index (Phi) is 4.24. The molecular weight excluding hydrogens is 314 g/mol. The lowest BCUT2D eigenvalue weighted by molar-refractivity contribution is -0.120. The van der Waals surface area contributed by atoms with E-state index in [1.807, 2.05) is 24.3 Å². The maximum atomic E-state index is 11.5. The normalized spacial score (nSPS) is 10.8. The predicted octanol–water partition coefficient (Wildman–Crippen LogP) is 1.11. The summed E-state index contributed by atoms with van der Waals surface area (Å²) in [5, 5.41) is 10.7. The zero-order valence-corrected chi connectivity index (χ0v) is 11.3. The quantitative estimate of drug-likeness (QED) is 0.647. The lowest BCUT2D eigenvalue weighted by Crippen LogP contribution is -2.20. The van der Waals surface area contributed by atoms with Crippen LogP contribution in [0.5, 0.6) is 0 Å². The minimum absolute atomic E-state index is 0.0347. The number of amides is 1. The molecule has 0 aliphatic heterocycles. The molecule has 0 saturated carbocycles. The van der Waals surface area contributed by atoms with Gasteiger partial charge in [0.1, 0.15) is 5.69 Å². The number of hydrazone groups is 1. The van der Waals surface area contributed by atoms with Crippen LogP contribution < -0.4 is 11.2 Å². The van der Waals surface area contributed by atoms with E-state index in [0.717, 1.165) is 10.0 Å². The molecule has 98 valence electrons. The molecule has 19 heavy (non-hydrogen) atoms. The number of hydrogen-bond acceptors (Lipinski definition) is 6. The van der Waals surface area contributed by atoms with E-state index in [0.29, 0.717) is 0 Å². The van der Waals surface area contributed by atoms with E-state index in [1.165, 1.54) is 6.21 Å². The van der Waals surface area contributed by atoms with Crippen LogP contribution in [0.3, 0.4) is 0 Å². The molecule has 8 heteroatoms.